The van der Waals surface area contributed by atoms with Gasteiger partial charge in [-0.25, -0.2) is 0 Å². The normalized spacial score (nSPS) is 16.3. The van der Waals surface area contributed by atoms with Gasteiger partial charge in [-0.1, -0.05) is 91.0 Å². The first kappa shape index (κ1) is 38.6. The zero-order valence-electron chi connectivity index (χ0n) is 29.0. The second kappa shape index (κ2) is 17.4. The molecule has 1 heterocycles. The second-order valence-electron chi connectivity index (χ2n) is 11.3. The summed E-state index contributed by atoms with van der Waals surface area (Å²) in [5.74, 6) is -0.243. The average molecular weight is 829 g/mol. The molecule has 2 unspecified atom stereocenters. The monoisotopic (exact) mass is 828 g/mol. The zero-order valence-corrected chi connectivity index (χ0v) is 31.7. The Hall–Kier alpha value is -6.67. The van der Waals surface area contributed by atoms with Gasteiger partial charge in [-0.2, -0.15) is 0 Å². The van der Waals surface area contributed by atoms with Crippen molar-refractivity contribution in [3.05, 3.63) is 194 Å². The molecule has 0 saturated heterocycles. The molecule has 0 aliphatic carbocycles. The number of nitrogens with zero attached hydrogens (tertiary/aromatic N) is 6. The fraction of sp³-hybridized carbons (Fsp3) is 0. The zero-order chi connectivity index (χ0) is 39.8. The fourth-order valence-electron chi connectivity index (χ4n) is 4.93. The van der Waals surface area contributed by atoms with E-state index in [0.29, 0.717) is 0 Å². The maximum atomic E-state index is 12.4. The van der Waals surface area contributed by atoms with Crippen molar-refractivity contribution in [2.24, 2.45) is 4.52 Å². The van der Waals surface area contributed by atoms with E-state index in [4.69, 9.17) is 32.3 Å². The first-order valence-electron chi connectivity index (χ1n) is 16.5. The standard InChI is InChI=1S/C36H27N6O12P3/c43-38(44)31-22-10-13-25-34(31)50-41-55(51-35-26-14-11-23-32(35)39(45)46)37-57(53-29-18-6-2-7-19-29,54-30-20-8-3-9-21-30)42(49-28-16-4-1-5-17-28)56(41)52-36-27-15-12-24-33(36)40(47)48/h1-27H. The highest BCUT2D eigenvalue weighted by molar-refractivity contribution is 7.78. The lowest BCUT2D eigenvalue weighted by molar-refractivity contribution is -0.386. The molecule has 0 spiro atoms. The van der Waals surface area contributed by atoms with Gasteiger partial charge in [-0.05, 0) is 54.6 Å². The third kappa shape index (κ3) is 8.92. The Bertz CT molecular complexity index is 2390. The molecule has 6 aromatic rings. The van der Waals surface area contributed by atoms with Crippen molar-refractivity contribution in [3.8, 4) is 34.5 Å². The number of nitro benzene ring substituents is 3. The molecule has 288 valence electrons. The van der Waals surface area contributed by atoms with Crippen molar-refractivity contribution < 1.29 is 42.5 Å². The topological polar surface area (TPSA) is 204 Å². The minimum absolute atomic E-state index is 0.195. The predicted molar refractivity (Wildman–Crippen MR) is 209 cm³/mol. The summed E-state index contributed by atoms with van der Waals surface area (Å²) in [6.45, 7) is 0. The highest BCUT2D eigenvalue weighted by atomic mass is 31.3. The molecule has 18 nitrogen and oxygen atoms in total. The van der Waals surface area contributed by atoms with E-state index in [-0.39, 0.29) is 34.5 Å². The van der Waals surface area contributed by atoms with Crippen LogP contribution in [0.15, 0.2) is 168 Å². The van der Waals surface area contributed by atoms with E-state index in [1.807, 2.05) is 0 Å². The molecule has 0 bridgehead atoms. The van der Waals surface area contributed by atoms with Gasteiger partial charge in [0.15, 0.2) is 0 Å². The van der Waals surface area contributed by atoms with Crippen LogP contribution in [0.3, 0.4) is 0 Å². The summed E-state index contributed by atoms with van der Waals surface area (Å²) in [7, 11) is -10.0. The minimum atomic E-state index is -4.30. The van der Waals surface area contributed by atoms with Crippen LogP contribution in [-0.4, -0.2) is 24.0 Å². The molecule has 2 atom stereocenters. The number of para-hydroxylation sites is 9. The van der Waals surface area contributed by atoms with Gasteiger partial charge in [0.1, 0.15) is 17.2 Å². The highest BCUT2D eigenvalue weighted by Gasteiger charge is 2.59. The molecule has 0 fully saturated rings. The van der Waals surface area contributed by atoms with Crippen molar-refractivity contribution in [2.75, 3.05) is 0 Å². The van der Waals surface area contributed by atoms with E-state index < -0.39 is 56.4 Å². The smallest absolute Gasteiger partial charge is 0.433 e. The predicted octanol–water partition coefficient (Wildman–Crippen LogP) is 11.0. The number of nitro groups is 3. The Kier molecular flexibility index (Phi) is 11.8. The van der Waals surface area contributed by atoms with E-state index in [1.165, 1.54) is 72.8 Å². The Labute approximate surface area is 325 Å². The summed E-state index contributed by atoms with van der Waals surface area (Å²) in [5, 5.41) is 36.9. The Morgan fingerprint density at radius 2 is 0.860 bits per heavy atom. The summed E-state index contributed by atoms with van der Waals surface area (Å²) in [6, 6.07) is 41.5. The van der Waals surface area contributed by atoms with Crippen LogP contribution in [0.1, 0.15) is 0 Å². The van der Waals surface area contributed by atoms with Gasteiger partial charge in [-0.15, -0.1) is 4.52 Å². The van der Waals surface area contributed by atoms with Crippen LogP contribution in [0.2, 0.25) is 0 Å². The van der Waals surface area contributed by atoms with Gasteiger partial charge in [0.25, 0.3) is 0 Å². The molecule has 6 aromatic carbocycles. The Morgan fingerprint density at radius 1 is 0.474 bits per heavy atom. The molecule has 0 N–H and O–H groups in total. The largest absolute Gasteiger partial charge is 0.447 e. The van der Waals surface area contributed by atoms with Crippen LogP contribution in [0.5, 0.6) is 34.5 Å². The Morgan fingerprint density at radius 3 is 1.33 bits per heavy atom. The van der Waals surface area contributed by atoms with Crippen LogP contribution in [0.4, 0.5) is 17.1 Å². The van der Waals surface area contributed by atoms with Gasteiger partial charge in [0, 0.05) is 27.4 Å². The van der Waals surface area contributed by atoms with E-state index in [0.717, 1.165) is 9.21 Å². The molecule has 0 aromatic heterocycles. The molecule has 1 aliphatic heterocycles. The number of benzene rings is 6. The summed E-state index contributed by atoms with van der Waals surface area (Å²) in [6.07, 6.45) is 0. The van der Waals surface area contributed by atoms with Crippen molar-refractivity contribution in [1.82, 2.24) is 9.21 Å². The maximum absolute atomic E-state index is 12.4. The van der Waals surface area contributed by atoms with Crippen molar-refractivity contribution >= 4 is 41.6 Å². The molecule has 7 rings (SSSR count). The van der Waals surface area contributed by atoms with Crippen LogP contribution in [0.25, 0.3) is 0 Å². The second-order valence-corrected chi connectivity index (χ2v) is 16.8. The lowest BCUT2D eigenvalue weighted by Gasteiger charge is -2.43. The van der Waals surface area contributed by atoms with Gasteiger partial charge in [-0.3, -0.25) is 30.3 Å². The molecular weight excluding hydrogens is 801 g/mol. The highest BCUT2D eigenvalue weighted by Crippen LogP contribution is 2.78. The molecule has 0 radical (unpaired) electrons. The first-order chi connectivity index (χ1) is 27.7. The number of hydrogen-bond donors (Lipinski definition) is 0. The van der Waals surface area contributed by atoms with Crippen molar-refractivity contribution in [3.63, 3.8) is 0 Å². The Balaban J connectivity index is 1.54. The number of hydrogen-bond acceptors (Lipinski definition) is 15. The van der Waals surface area contributed by atoms with Gasteiger partial charge in [0.2, 0.25) is 17.2 Å². The maximum Gasteiger partial charge on any atom is 0.447 e. The lowest BCUT2D eigenvalue weighted by Crippen LogP contribution is -2.37. The SMILES string of the molecule is O=[N+]([O-])c1ccccc1ON1P(Oc2ccccc2[N+](=O)[O-])N=P(Oc2ccccc2)(Oc2ccccc2)N(Oc2ccccc2)P1Oc1ccccc1[N+](=O)[O-]. The van der Waals surface area contributed by atoms with E-state index in [2.05, 4.69) is 0 Å². The summed E-state index contributed by atoms with van der Waals surface area (Å²) < 4.78 is 33.5. The van der Waals surface area contributed by atoms with Crippen molar-refractivity contribution in [2.45, 2.75) is 0 Å². The van der Waals surface area contributed by atoms with Crippen LogP contribution in [0, 0.1) is 30.3 Å². The summed E-state index contributed by atoms with van der Waals surface area (Å²) in [4.78, 5) is 47.8. The molecule has 0 amide bonds. The lowest BCUT2D eigenvalue weighted by atomic mass is 10.3. The fourth-order valence-corrected chi connectivity index (χ4v) is 12.5. The average Bonchev–Trinajstić information content (AvgIpc) is 3.22. The van der Waals surface area contributed by atoms with Gasteiger partial charge >= 0.3 is 41.6 Å². The molecule has 1 aliphatic rings. The minimum Gasteiger partial charge on any atom is -0.433 e. The summed E-state index contributed by atoms with van der Waals surface area (Å²) >= 11 is 0. The third-order valence-corrected chi connectivity index (χ3v) is 14.3. The van der Waals surface area contributed by atoms with Crippen LogP contribution in [-0.2, 0) is 0 Å². The van der Waals surface area contributed by atoms with Crippen LogP contribution >= 0.6 is 24.6 Å². The van der Waals surface area contributed by atoms with E-state index in [1.54, 1.807) is 91.0 Å². The van der Waals surface area contributed by atoms with E-state index in [9.17, 15) is 30.3 Å². The van der Waals surface area contributed by atoms with Crippen LogP contribution < -0.4 is 27.8 Å². The first-order valence-corrected chi connectivity index (χ1v) is 20.4. The quantitative estimate of drug-likeness (QED) is 0.0537. The molecular formula is C36H27N6O12P3. The summed E-state index contributed by atoms with van der Waals surface area (Å²) in [5.41, 5.74) is -1.40. The molecule has 21 heteroatoms. The van der Waals surface area contributed by atoms with Gasteiger partial charge < -0.3 is 27.8 Å². The van der Waals surface area contributed by atoms with Gasteiger partial charge in [0.05, 0.1) is 14.8 Å². The van der Waals surface area contributed by atoms with E-state index >= 15 is 0 Å². The molecule has 0 saturated carbocycles. The van der Waals surface area contributed by atoms with Crippen molar-refractivity contribution in [1.29, 1.82) is 0 Å². The third-order valence-electron chi connectivity index (χ3n) is 7.44. The number of rotatable bonds is 15. The molecule has 57 heavy (non-hydrogen) atoms.